The maximum atomic E-state index is 13.1. The number of hydrogen-bond donors (Lipinski definition) is 1. The molecule has 1 atom stereocenters. The summed E-state index contributed by atoms with van der Waals surface area (Å²) in [5.41, 5.74) is 0.910. The molecule has 3 heterocycles. The molecule has 3 aromatic rings. The second-order valence-corrected chi connectivity index (χ2v) is 7.81. The van der Waals surface area contributed by atoms with Crippen molar-refractivity contribution in [2.24, 2.45) is 0 Å². The summed E-state index contributed by atoms with van der Waals surface area (Å²) in [6, 6.07) is 7.39. The van der Waals surface area contributed by atoms with Gasteiger partial charge in [-0.3, -0.25) is 14.8 Å². The first-order chi connectivity index (χ1) is 16.2. The monoisotopic (exact) mass is 448 g/mol. The van der Waals surface area contributed by atoms with Crippen molar-refractivity contribution >= 4 is 17.5 Å². The SMILES string of the molecule is CC[C@@H](Oc1ccccc1OC)C(=O)N1CCC(c2cncc(Nc3cnccn3)n2)CC1. The molecule has 0 radical (unpaired) electrons. The zero-order valence-corrected chi connectivity index (χ0v) is 18.8. The molecule has 0 spiro atoms. The number of nitrogens with one attached hydrogen (secondary N) is 1. The van der Waals surface area contributed by atoms with E-state index in [1.165, 1.54) is 0 Å². The molecule has 9 heteroatoms. The molecule has 1 saturated heterocycles. The minimum atomic E-state index is -0.544. The first-order valence-electron chi connectivity index (χ1n) is 11.1. The Bertz CT molecular complexity index is 1060. The van der Waals surface area contributed by atoms with Crippen LogP contribution in [0.1, 0.15) is 37.8 Å². The molecule has 0 unspecified atom stereocenters. The number of methoxy groups -OCH3 is 1. The van der Waals surface area contributed by atoms with Crippen LogP contribution in [0.4, 0.5) is 11.6 Å². The van der Waals surface area contributed by atoms with Crippen LogP contribution >= 0.6 is 0 Å². The van der Waals surface area contributed by atoms with E-state index in [1.54, 1.807) is 38.1 Å². The van der Waals surface area contributed by atoms with Gasteiger partial charge in [0.1, 0.15) is 11.6 Å². The normalized spacial score (nSPS) is 15.0. The quantitative estimate of drug-likeness (QED) is 0.558. The van der Waals surface area contributed by atoms with E-state index in [4.69, 9.17) is 14.5 Å². The third-order valence-corrected chi connectivity index (χ3v) is 5.68. The number of likely N-dealkylation sites (tertiary alicyclic amines) is 1. The van der Waals surface area contributed by atoms with Crippen molar-refractivity contribution in [2.75, 3.05) is 25.5 Å². The van der Waals surface area contributed by atoms with Crippen LogP contribution in [0.25, 0.3) is 0 Å². The van der Waals surface area contributed by atoms with Crippen LogP contribution in [-0.4, -0.2) is 57.0 Å². The third-order valence-electron chi connectivity index (χ3n) is 5.68. The smallest absolute Gasteiger partial charge is 0.263 e. The minimum Gasteiger partial charge on any atom is -0.493 e. The van der Waals surface area contributed by atoms with E-state index < -0.39 is 6.10 Å². The highest BCUT2D eigenvalue weighted by Crippen LogP contribution is 2.30. The highest BCUT2D eigenvalue weighted by molar-refractivity contribution is 5.81. The lowest BCUT2D eigenvalue weighted by molar-refractivity contribution is -0.140. The molecular formula is C24H28N6O3. The average Bonchev–Trinajstić information content (AvgIpc) is 2.88. The Morgan fingerprint density at radius 3 is 2.55 bits per heavy atom. The van der Waals surface area contributed by atoms with Gasteiger partial charge < -0.3 is 19.7 Å². The van der Waals surface area contributed by atoms with Gasteiger partial charge >= 0.3 is 0 Å². The molecule has 33 heavy (non-hydrogen) atoms. The van der Waals surface area contributed by atoms with Crippen LogP contribution in [0.15, 0.2) is 55.2 Å². The standard InChI is InChI=1S/C24H28N6O3/c1-3-19(33-21-7-5-4-6-20(21)32-2)24(31)30-12-8-17(9-13-30)18-14-26-16-23(28-18)29-22-15-25-10-11-27-22/h4-7,10-11,14-17,19H,3,8-9,12-13H2,1-2H3,(H,27,28,29)/t19-/m1/s1. The van der Waals surface area contributed by atoms with Gasteiger partial charge in [0.2, 0.25) is 0 Å². The van der Waals surface area contributed by atoms with Gasteiger partial charge in [-0.2, -0.15) is 0 Å². The topological polar surface area (TPSA) is 102 Å². The molecule has 1 amide bonds. The number of carbonyl (C=O) groups excluding carboxylic acids is 1. The van der Waals surface area contributed by atoms with Crippen LogP contribution < -0.4 is 14.8 Å². The fourth-order valence-corrected chi connectivity index (χ4v) is 3.91. The highest BCUT2D eigenvalue weighted by Gasteiger charge is 2.30. The molecular weight excluding hydrogens is 420 g/mol. The summed E-state index contributed by atoms with van der Waals surface area (Å²) < 4.78 is 11.4. The van der Waals surface area contributed by atoms with Crippen LogP contribution in [0.5, 0.6) is 11.5 Å². The van der Waals surface area contributed by atoms with Gasteiger partial charge in [0.15, 0.2) is 17.6 Å². The van der Waals surface area contributed by atoms with Gasteiger partial charge in [-0.1, -0.05) is 19.1 Å². The minimum absolute atomic E-state index is 0.00556. The predicted octanol–water partition coefficient (Wildman–Crippen LogP) is 3.58. The van der Waals surface area contributed by atoms with E-state index in [0.717, 1.165) is 18.5 Å². The third kappa shape index (κ3) is 5.54. The van der Waals surface area contributed by atoms with Gasteiger partial charge in [0.05, 0.1) is 25.2 Å². The average molecular weight is 449 g/mol. The Morgan fingerprint density at radius 1 is 1.09 bits per heavy atom. The Labute approximate surface area is 193 Å². The van der Waals surface area contributed by atoms with Crippen molar-refractivity contribution in [3.8, 4) is 11.5 Å². The molecule has 0 aliphatic carbocycles. The number of anilines is 2. The number of carbonyl (C=O) groups is 1. The number of nitrogens with zero attached hydrogens (tertiary/aromatic N) is 5. The van der Waals surface area contributed by atoms with Crippen molar-refractivity contribution in [3.63, 3.8) is 0 Å². The number of hydrogen-bond acceptors (Lipinski definition) is 8. The molecule has 9 nitrogen and oxygen atoms in total. The molecule has 172 valence electrons. The molecule has 1 aliphatic heterocycles. The lowest BCUT2D eigenvalue weighted by atomic mass is 9.93. The van der Waals surface area contributed by atoms with Gasteiger partial charge in [0, 0.05) is 37.6 Å². The summed E-state index contributed by atoms with van der Waals surface area (Å²) in [7, 11) is 1.59. The van der Waals surface area contributed by atoms with Crippen molar-refractivity contribution in [1.82, 2.24) is 24.8 Å². The summed E-state index contributed by atoms with van der Waals surface area (Å²) in [5.74, 6) is 2.69. The molecule has 2 aromatic heterocycles. The van der Waals surface area contributed by atoms with Crippen molar-refractivity contribution in [2.45, 2.75) is 38.2 Å². The Morgan fingerprint density at radius 2 is 1.85 bits per heavy atom. The first-order valence-corrected chi connectivity index (χ1v) is 11.1. The van der Waals surface area contributed by atoms with Gasteiger partial charge in [-0.25, -0.2) is 9.97 Å². The second-order valence-electron chi connectivity index (χ2n) is 7.81. The van der Waals surface area contributed by atoms with Crippen molar-refractivity contribution < 1.29 is 14.3 Å². The number of para-hydroxylation sites is 2. The summed E-state index contributed by atoms with van der Waals surface area (Å²) in [4.78, 5) is 32.3. The zero-order valence-electron chi connectivity index (χ0n) is 18.8. The summed E-state index contributed by atoms with van der Waals surface area (Å²) >= 11 is 0. The van der Waals surface area contributed by atoms with Gasteiger partial charge in [-0.05, 0) is 31.4 Å². The number of aromatic nitrogens is 4. The number of amides is 1. The van der Waals surface area contributed by atoms with E-state index in [-0.39, 0.29) is 11.8 Å². The molecule has 1 fully saturated rings. The number of benzene rings is 1. The van der Waals surface area contributed by atoms with E-state index >= 15 is 0 Å². The van der Waals surface area contributed by atoms with E-state index in [0.29, 0.717) is 42.6 Å². The number of ether oxygens (including phenoxy) is 2. The lowest BCUT2D eigenvalue weighted by Crippen LogP contribution is -2.45. The van der Waals surface area contributed by atoms with Crippen LogP contribution in [-0.2, 0) is 4.79 Å². The largest absolute Gasteiger partial charge is 0.493 e. The summed E-state index contributed by atoms with van der Waals surface area (Å²) in [5, 5.41) is 3.13. The van der Waals surface area contributed by atoms with Crippen molar-refractivity contribution in [1.29, 1.82) is 0 Å². The lowest BCUT2D eigenvalue weighted by Gasteiger charge is -2.34. The molecule has 1 N–H and O–H groups in total. The van der Waals surface area contributed by atoms with E-state index in [2.05, 4.69) is 20.3 Å². The predicted molar refractivity (Wildman–Crippen MR) is 124 cm³/mol. The van der Waals surface area contributed by atoms with Crippen molar-refractivity contribution in [3.05, 3.63) is 60.9 Å². The van der Waals surface area contributed by atoms with Crippen LogP contribution in [0.2, 0.25) is 0 Å². The molecule has 0 saturated carbocycles. The maximum absolute atomic E-state index is 13.1. The summed E-state index contributed by atoms with van der Waals surface area (Å²) in [6.45, 7) is 3.26. The van der Waals surface area contributed by atoms with E-state index in [1.807, 2.05) is 36.1 Å². The number of rotatable bonds is 8. The fraction of sp³-hybridized carbons (Fsp3) is 0.375. The van der Waals surface area contributed by atoms with Crippen LogP contribution in [0.3, 0.4) is 0 Å². The highest BCUT2D eigenvalue weighted by atomic mass is 16.5. The summed E-state index contributed by atoms with van der Waals surface area (Å²) in [6.07, 6.45) is 10.0. The first kappa shape index (κ1) is 22.4. The Hall–Kier alpha value is -3.75. The van der Waals surface area contributed by atoms with Crippen LogP contribution in [0, 0.1) is 0 Å². The molecule has 1 aliphatic rings. The Balaban J connectivity index is 1.36. The maximum Gasteiger partial charge on any atom is 0.263 e. The molecule has 4 rings (SSSR count). The molecule has 1 aromatic carbocycles. The fourth-order valence-electron chi connectivity index (χ4n) is 3.91. The Kier molecular flexibility index (Phi) is 7.29. The zero-order chi connectivity index (χ0) is 23.0. The van der Waals surface area contributed by atoms with Gasteiger partial charge in [-0.15, -0.1) is 0 Å². The second kappa shape index (κ2) is 10.7. The number of piperidine rings is 1. The van der Waals surface area contributed by atoms with E-state index in [9.17, 15) is 4.79 Å². The molecule has 0 bridgehead atoms. The van der Waals surface area contributed by atoms with Gasteiger partial charge in [0.25, 0.3) is 5.91 Å².